The number of carboxylic acid groups (broad SMARTS) is 1. The number of aliphatic carboxylic acids is 1. The predicted molar refractivity (Wildman–Crippen MR) is 72.3 cm³/mol. The van der Waals surface area contributed by atoms with Crippen LogP contribution in [0, 0.1) is 0 Å². The first-order chi connectivity index (χ1) is 9.32. The Balaban J connectivity index is 2.53. The topological polar surface area (TPSA) is 105 Å². The van der Waals surface area contributed by atoms with Crippen molar-refractivity contribution in [3.63, 3.8) is 0 Å². The summed E-state index contributed by atoms with van der Waals surface area (Å²) in [6.07, 6.45) is 1.11. The molecule has 106 valence electrons. The van der Waals surface area contributed by atoms with Crippen LogP contribution in [0.1, 0.15) is 5.56 Å². The standard InChI is InChI=1S/C11H9ClN2O5S/c1-19-10-3-2-6(4-7(10)12)8-5-9(11(15)16)14-20(17,18)13-8/h2-5,14H,1H3,(H,15,16). The van der Waals surface area contributed by atoms with Crippen molar-refractivity contribution in [3.8, 4) is 5.75 Å². The van der Waals surface area contributed by atoms with Gasteiger partial charge in [0.2, 0.25) is 0 Å². The summed E-state index contributed by atoms with van der Waals surface area (Å²) in [6, 6.07) is 4.50. The van der Waals surface area contributed by atoms with E-state index in [1.165, 1.54) is 25.3 Å². The summed E-state index contributed by atoms with van der Waals surface area (Å²) in [6.45, 7) is 0. The third kappa shape index (κ3) is 2.91. The van der Waals surface area contributed by atoms with Gasteiger partial charge in [-0.1, -0.05) is 11.6 Å². The van der Waals surface area contributed by atoms with Crippen LogP contribution >= 0.6 is 11.6 Å². The van der Waals surface area contributed by atoms with Crippen LogP contribution in [0.4, 0.5) is 0 Å². The molecule has 1 heterocycles. The highest BCUT2D eigenvalue weighted by atomic mass is 35.5. The Morgan fingerprint density at radius 2 is 2.15 bits per heavy atom. The van der Waals surface area contributed by atoms with Crippen molar-refractivity contribution in [3.05, 3.63) is 40.6 Å². The lowest BCUT2D eigenvalue weighted by molar-refractivity contribution is -0.132. The Bertz CT molecular complexity index is 739. The van der Waals surface area contributed by atoms with E-state index in [1.807, 2.05) is 4.72 Å². The second-order valence-electron chi connectivity index (χ2n) is 3.77. The summed E-state index contributed by atoms with van der Waals surface area (Å²) in [5, 5.41) is 9.13. The maximum atomic E-state index is 11.5. The first-order valence-corrected chi connectivity index (χ1v) is 7.06. The molecule has 9 heteroatoms. The molecule has 0 spiro atoms. The predicted octanol–water partition coefficient (Wildman–Crippen LogP) is 0.954. The second kappa shape index (κ2) is 5.14. The Labute approximate surface area is 119 Å². The molecule has 20 heavy (non-hydrogen) atoms. The van der Waals surface area contributed by atoms with Crippen molar-refractivity contribution < 1.29 is 23.1 Å². The van der Waals surface area contributed by atoms with Gasteiger partial charge in [0, 0.05) is 5.56 Å². The lowest BCUT2D eigenvalue weighted by Crippen LogP contribution is -2.31. The Morgan fingerprint density at radius 1 is 1.45 bits per heavy atom. The molecule has 0 saturated heterocycles. The molecule has 1 aromatic rings. The maximum Gasteiger partial charge on any atom is 0.353 e. The maximum absolute atomic E-state index is 11.5. The molecule has 1 aliphatic rings. The van der Waals surface area contributed by atoms with Gasteiger partial charge >= 0.3 is 16.2 Å². The molecule has 2 N–H and O–H groups in total. The molecular weight excluding hydrogens is 308 g/mol. The molecule has 1 aliphatic heterocycles. The third-order valence-corrected chi connectivity index (χ3v) is 3.63. The smallest absolute Gasteiger partial charge is 0.353 e. The number of rotatable bonds is 3. The summed E-state index contributed by atoms with van der Waals surface area (Å²) < 4.78 is 33.2. The number of carbonyl (C=O) groups is 1. The monoisotopic (exact) mass is 316 g/mol. The lowest BCUT2D eigenvalue weighted by atomic mass is 10.1. The molecule has 0 atom stereocenters. The van der Waals surface area contributed by atoms with Crippen molar-refractivity contribution in [1.29, 1.82) is 0 Å². The van der Waals surface area contributed by atoms with Crippen LogP contribution in [-0.2, 0) is 15.0 Å². The van der Waals surface area contributed by atoms with Gasteiger partial charge in [-0.3, -0.25) is 4.72 Å². The van der Waals surface area contributed by atoms with Crippen LogP contribution in [0.3, 0.4) is 0 Å². The first kappa shape index (κ1) is 14.4. The van der Waals surface area contributed by atoms with Gasteiger partial charge in [0.15, 0.2) is 0 Å². The van der Waals surface area contributed by atoms with E-state index in [0.29, 0.717) is 11.3 Å². The number of hydrogen-bond donors (Lipinski definition) is 2. The summed E-state index contributed by atoms with van der Waals surface area (Å²) >= 11 is 5.94. The highest BCUT2D eigenvalue weighted by molar-refractivity contribution is 7.88. The number of allylic oxidation sites excluding steroid dienone is 1. The molecule has 0 fully saturated rings. The van der Waals surface area contributed by atoms with Gasteiger partial charge in [-0.2, -0.15) is 8.42 Å². The fourth-order valence-corrected chi connectivity index (χ4v) is 2.70. The summed E-state index contributed by atoms with van der Waals surface area (Å²) in [7, 11) is -2.65. The lowest BCUT2D eigenvalue weighted by Gasteiger charge is -2.13. The number of hydrogen-bond acceptors (Lipinski definition) is 4. The van der Waals surface area contributed by atoms with Gasteiger partial charge in [-0.25, -0.2) is 4.79 Å². The minimum Gasteiger partial charge on any atom is -0.495 e. The van der Waals surface area contributed by atoms with E-state index >= 15 is 0 Å². The van der Waals surface area contributed by atoms with Crippen molar-refractivity contribution in [2.45, 2.75) is 0 Å². The zero-order chi connectivity index (χ0) is 14.9. The Kier molecular flexibility index (Phi) is 3.69. The van der Waals surface area contributed by atoms with Crippen LogP contribution < -0.4 is 9.46 Å². The molecule has 0 radical (unpaired) electrons. The van der Waals surface area contributed by atoms with Crippen LogP contribution in [-0.4, -0.2) is 32.3 Å². The van der Waals surface area contributed by atoms with Crippen molar-refractivity contribution in [2.24, 2.45) is 4.40 Å². The molecular formula is C11H9ClN2O5S. The van der Waals surface area contributed by atoms with Gasteiger partial charge in [-0.05, 0) is 24.3 Å². The van der Waals surface area contributed by atoms with Crippen LogP contribution in [0.5, 0.6) is 5.75 Å². The van der Waals surface area contributed by atoms with Gasteiger partial charge in [0.05, 0.1) is 17.8 Å². The quantitative estimate of drug-likeness (QED) is 0.864. The van der Waals surface area contributed by atoms with Crippen molar-refractivity contribution in [1.82, 2.24) is 4.72 Å². The number of halogens is 1. The van der Waals surface area contributed by atoms with E-state index in [-0.39, 0.29) is 10.7 Å². The molecule has 2 rings (SSSR count). The normalized spacial score (nSPS) is 16.7. The Morgan fingerprint density at radius 3 is 2.70 bits per heavy atom. The fourth-order valence-electron chi connectivity index (χ4n) is 1.55. The number of ether oxygens (including phenoxy) is 1. The molecule has 0 aromatic heterocycles. The molecule has 0 saturated carbocycles. The average molecular weight is 317 g/mol. The molecule has 1 aromatic carbocycles. The summed E-state index contributed by atoms with van der Waals surface area (Å²) in [5.41, 5.74) is -0.146. The van der Waals surface area contributed by atoms with E-state index in [1.54, 1.807) is 0 Å². The van der Waals surface area contributed by atoms with E-state index in [0.717, 1.165) is 6.08 Å². The van der Waals surface area contributed by atoms with E-state index in [4.69, 9.17) is 21.4 Å². The summed E-state index contributed by atoms with van der Waals surface area (Å²) in [4.78, 5) is 10.9. The van der Waals surface area contributed by atoms with Gasteiger partial charge in [0.1, 0.15) is 11.4 Å². The SMILES string of the molecule is COc1ccc(C2=NS(=O)(=O)NC(C(=O)O)=C2)cc1Cl. The van der Waals surface area contributed by atoms with Crippen LogP contribution in [0.15, 0.2) is 34.4 Å². The first-order valence-electron chi connectivity index (χ1n) is 5.24. The van der Waals surface area contributed by atoms with Crippen LogP contribution in [0.25, 0.3) is 0 Å². The molecule has 0 unspecified atom stereocenters. The zero-order valence-electron chi connectivity index (χ0n) is 10.1. The number of carboxylic acids is 1. The largest absolute Gasteiger partial charge is 0.495 e. The van der Waals surface area contributed by atoms with Gasteiger partial charge < -0.3 is 9.84 Å². The number of nitrogens with one attached hydrogen (secondary N) is 1. The van der Waals surface area contributed by atoms with Crippen molar-refractivity contribution >= 4 is 33.5 Å². The Hall–Kier alpha value is -2.06. The van der Waals surface area contributed by atoms with Gasteiger partial charge in [-0.15, -0.1) is 4.40 Å². The molecule has 7 nitrogen and oxygen atoms in total. The molecule has 0 bridgehead atoms. The number of methoxy groups -OCH3 is 1. The minimum absolute atomic E-state index is 0.0225. The number of nitrogens with zero attached hydrogens (tertiary/aromatic N) is 1. The highest BCUT2D eigenvalue weighted by Gasteiger charge is 2.23. The second-order valence-corrected chi connectivity index (χ2v) is 5.51. The van der Waals surface area contributed by atoms with E-state index in [2.05, 4.69) is 4.40 Å². The molecule has 0 amide bonds. The van der Waals surface area contributed by atoms with E-state index in [9.17, 15) is 13.2 Å². The third-order valence-electron chi connectivity index (χ3n) is 2.42. The van der Waals surface area contributed by atoms with E-state index < -0.39 is 21.9 Å². The summed E-state index contributed by atoms with van der Waals surface area (Å²) in [5.74, 6) is -0.990. The van der Waals surface area contributed by atoms with Crippen molar-refractivity contribution in [2.75, 3.05) is 7.11 Å². The minimum atomic E-state index is -4.09. The zero-order valence-corrected chi connectivity index (χ0v) is 11.7. The highest BCUT2D eigenvalue weighted by Crippen LogP contribution is 2.26. The van der Waals surface area contributed by atoms with Gasteiger partial charge in [0.25, 0.3) is 0 Å². The average Bonchev–Trinajstić information content (AvgIpc) is 2.36. The molecule has 0 aliphatic carbocycles. The van der Waals surface area contributed by atoms with Crippen LogP contribution in [0.2, 0.25) is 5.02 Å². The number of benzene rings is 1. The fraction of sp³-hybridized carbons (Fsp3) is 0.0909.